The molecular weight excluding hydrogens is 557 g/mol. The maximum Gasteiger partial charge on any atom is 0.259 e. The van der Waals surface area contributed by atoms with Crippen molar-refractivity contribution in [1.82, 2.24) is 10.7 Å². The average molecular weight is 568 g/mol. The summed E-state index contributed by atoms with van der Waals surface area (Å²) in [5.41, 5.74) is 3.23. The Labute approximate surface area is 179 Å². The van der Waals surface area contributed by atoms with Gasteiger partial charge in [0.1, 0.15) is 5.75 Å². The Bertz CT molecular complexity index is 873. The van der Waals surface area contributed by atoms with E-state index >= 15 is 0 Å². The lowest BCUT2D eigenvalue weighted by molar-refractivity contribution is -0.120. The van der Waals surface area contributed by atoms with Crippen LogP contribution in [0.3, 0.4) is 0 Å². The number of nitrogens with zero attached hydrogens (tertiary/aromatic N) is 1. The Kier molecular flexibility index (Phi) is 7.63. The predicted octanol–water partition coefficient (Wildman–Crippen LogP) is 4.21. The molecule has 0 saturated carbocycles. The molecule has 0 aliphatic rings. The van der Waals surface area contributed by atoms with Crippen molar-refractivity contribution >= 4 is 77.4 Å². The van der Waals surface area contributed by atoms with Crippen molar-refractivity contribution in [1.29, 1.82) is 0 Å². The third-order valence-corrected chi connectivity index (χ3v) is 5.40. The summed E-state index contributed by atoms with van der Waals surface area (Å²) in [6.45, 7) is -0.243. The van der Waals surface area contributed by atoms with Crippen LogP contribution in [0.1, 0.15) is 15.9 Å². The second-order valence-corrected chi connectivity index (χ2v) is 7.84. The molecule has 2 aromatic carbocycles. The van der Waals surface area contributed by atoms with E-state index in [1.54, 1.807) is 30.3 Å². The number of nitrogens with one attached hydrogen (secondary N) is 2. The van der Waals surface area contributed by atoms with Gasteiger partial charge >= 0.3 is 0 Å². The van der Waals surface area contributed by atoms with Gasteiger partial charge in [0.2, 0.25) is 0 Å². The maximum absolute atomic E-state index is 11.9. The number of hydrogen-bond donors (Lipinski definition) is 3. The molecule has 0 saturated heterocycles. The van der Waals surface area contributed by atoms with Gasteiger partial charge in [-0.1, -0.05) is 27.5 Å². The van der Waals surface area contributed by atoms with Crippen LogP contribution in [-0.4, -0.2) is 29.7 Å². The summed E-state index contributed by atoms with van der Waals surface area (Å²) >= 11 is 15.6. The van der Waals surface area contributed by atoms with Crippen LogP contribution < -0.4 is 10.7 Å². The molecule has 6 nitrogen and oxygen atoms in total. The van der Waals surface area contributed by atoms with Crippen molar-refractivity contribution in [3.63, 3.8) is 0 Å². The fraction of sp³-hybridized carbons (Fsp3) is 0.0625. The molecular formula is C16H11Br3ClN3O3. The highest BCUT2D eigenvalue weighted by Gasteiger charge is 2.12. The Hall–Kier alpha value is -1.42. The maximum atomic E-state index is 11.9. The van der Waals surface area contributed by atoms with Crippen LogP contribution in [0.2, 0.25) is 5.02 Å². The lowest BCUT2D eigenvalue weighted by atomic mass is 10.2. The lowest BCUT2D eigenvalue weighted by Crippen LogP contribution is -2.34. The minimum absolute atomic E-state index is 0.0104. The zero-order valence-corrected chi connectivity index (χ0v) is 18.4. The molecule has 10 heteroatoms. The number of phenolic OH excluding ortho intramolecular Hbond substituents is 1. The largest absolute Gasteiger partial charge is 0.506 e. The van der Waals surface area contributed by atoms with Crippen molar-refractivity contribution in [3.8, 4) is 5.75 Å². The highest BCUT2D eigenvalue weighted by atomic mass is 79.9. The van der Waals surface area contributed by atoms with E-state index in [4.69, 9.17) is 11.6 Å². The van der Waals surface area contributed by atoms with Gasteiger partial charge in [0.05, 0.1) is 21.7 Å². The van der Waals surface area contributed by atoms with Crippen molar-refractivity contribution in [2.24, 2.45) is 5.10 Å². The number of phenols is 1. The normalized spacial score (nSPS) is 10.8. The molecule has 2 amide bonds. The summed E-state index contributed by atoms with van der Waals surface area (Å²) < 4.78 is 1.57. The van der Waals surface area contributed by atoms with Crippen LogP contribution in [0.4, 0.5) is 0 Å². The van der Waals surface area contributed by atoms with Crippen LogP contribution >= 0.6 is 59.4 Å². The van der Waals surface area contributed by atoms with E-state index in [0.29, 0.717) is 29.6 Å². The smallest absolute Gasteiger partial charge is 0.259 e. The first-order chi connectivity index (χ1) is 12.3. The molecule has 2 aromatic rings. The molecule has 0 aromatic heterocycles. The number of aromatic hydroxyl groups is 1. The molecule has 0 bridgehead atoms. The van der Waals surface area contributed by atoms with Crippen molar-refractivity contribution in [3.05, 3.63) is 59.9 Å². The Balaban J connectivity index is 1.91. The molecule has 136 valence electrons. The molecule has 0 radical (unpaired) electrons. The van der Waals surface area contributed by atoms with Crippen LogP contribution in [0.5, 0.6) is 5.75 Å². The predicted molar refractivity (Wildman–Crippen MR) is 111 cm³/mol. The molecule has 3 N–H and O–H groups in total. The van der Waals surface area contributed by atoms with Gasteiger partial charge in [-0.05, 0) is 62.2 Å². The molecule has 0 aliphatic heterocycles. The van der Waals surface area contributed by atoms with Gasteiger partial charge in [0, 0.05) is 20.6 Å². The number of halogens is 4. The van der Waals surface area contributed by atoms with Crippen LogP contribution in [-0.2, 0) is 4.79 Å². The quantitative estimate of drug-likeness (QED) is 0.373. The molecule has 0 unspecified atom stereocenters. The van der Waals surface area contributed by atoms with Crippen LogP contribution in [0.15, 0.2) is 48.9 Å². The lowest BCUT2D eigenvalue weighted by Gasteiger charge is -2.07. The Morgan fingerprint density at radius 1 is 1.15 bits per heavy atom. The second-order valence-electron chi connectivity index (χ2n) is 4.90. The van der Waals surface area contributed by atoms with Gasteiger partial charge in [0.15, 0.2) is 0 Å². The Morgan fingerprint density at radius 3 is 2.46 bits per heavy atom. The van der Waals surface area contributed by atoms with Crippen molar-refractivity contribution < 1.29 is 14.7 Å². The third-order valence-electron chi connectivity index (χ3n) is 3.08. The number of hydrazone groups is 1. The first-order valence-electron chi connectivity index (χ1n) is 7.01. The van der Waals surface area contributed by atoms with Gasteiger partial charge in [0.25, 0.3) is 11.8 Å². The average Bonchev–Trinajstić information content (AvgIpc) is 2.61. The minimum atomic E-state index is -0.503. The SMILES string of the molecule is O=C(CNC(=O)c1ccc(Cl)cc1)N/N=C\c1c(Br)cc(Br)c(O)c1Br. The van der Waals surface area contributed by atoms with E-state index < -0.39 is 11.8 Å². The van der Waals surface area contributed by atoms with Crippen LogP contribution in [0, 0.1) is 0 Å². The molecule has 0 fully saturated rings. The zero-order valence-electron chi connectivity index (χ0n) is 12.9. The summed E-state index contributed by atoms with van der Waals surface area (Å²) in [7, 11) is 0. The van der Waals surface area contributed by atoms with E-state index in [9.17, 15) is 14.7 Å². The monoisotopic (exact) mass is 565 g/mol. The van der Waals surface area contributed by atoms with E-state index in [-0.39, 0.29) is 12.3 Å². The summed E-state index contributed by atoms with van der Waals surface area (Å²) in [6.07, 6.45) is 1.36. The van der Waals surface area contributed by atoms with E-state index in [2.05, 4.69) is 63.6 Å². The number of hydrogen-bond acceptors (Lipinski definition) is 4. The zero-order chi connectivity index (χ0) is 19.3. The highest BCUT2D eigenvalue weighted by molar-refractivity contribution is 9.11. The van der Waals surface area contributed by atoms with Crippen molar-refractivity contribution in [2.45, 2.75) is 0 Å². The topological polar surface area (TPSA) is 90.8 Å². The number of benzene rings is 2. The van der Waals surface area contributed by atoms with Gasteiger partial charge in [-0.25, -0.2) is 5.43 Å². The summed E-state index contributed by atoms with van der Waals surface area (Å²) in [5, 5.41) is 16.7. The summed E-state index contributed by atoms with van der Waals surface area (Å²) in [6, 6.07) is 7.94. The minimum Gasteiger partial charge on any atom is -0.506 e. The number of rotatable bonds is 5. The number of carbonyl (C=O) groups excluding carboxylic acids is 2. The van der Waals surface area contributed by atoms with E-state index in [1.165, 1.54) is 6.21 Å². The molecule has 26 heavy (non-hydrogen) atoms. The van der Waals surface area contributed by atoms with Crippen molar-refractivity contribution in [2.75, 3.05) is 6.54 Å². The second kappa shape index (κ2) is 9.50. The van der Waals surface area contributed by atoms with Crippen LogP contribution in [0.25, 0.3) is 0 Å². The first-order valence-corrected chi connectivity index (χ1v) is 9.77. The summed E-state index contributed by atoms with van der Waals surface area (Å²) in [5.74, 6) is -0.891. The van der Waals surface area contributed by atoms with Gasteiger partial charge in [-0.15, -0.1) is 0 Å². The fourth-order valence-corrected chi connectivity index (χ4v) is 4.24. The molecule has 0 spiro atoms. The molecule has 2 rings (SSSR count). The Morgan fingerprint density at radius 2 is 1.81 bits per heavy atom. The molecule has 0 atom stereocenters. The molecule has 0 heterocycles. The first kappa shape index (κ1) is 20.9. The molecule has 0 aliphatic carbocycles. The standard InChI is InChI=1S/C16H11Br3ClN3O3/c17-11-5-12(18)15(25)14(19)10(11)6-22-23-13(24)7-21-16(26)8-1-3-9(20)4-2-8/h1-6,25H,7H2,(H,21,26)(H,23,24)/b22-6-. The fourth-order valence-electron chi connectivity index (χ4n) is 1.79. The third kappa shape index (κ3) is 5.54. The van der Waals surface area contributed by atoms with E-state index in [0.717, 1.165) is 0 Å². The van der Waals surface area contributed by atoms with E-state index in [1.807, 2.05) is 0 Å². The van der Waals surface area contributed by atoms with Gasteiger partial charge in [-0.3, -0.25) is 9.59 Å². The number of carbonyl (C=O) groups is 2. The van der Waals surface area contributed by atoms with Gasteiger partial charge in [-0.2, -0.15) is 5.10 Å². The number of amides is 2. The van der Waals surface area contributed by atoms with Gasteiger partial charge < -0.3 is 10.4 Å². The highest BCUT2D eigenvalue weighted by Crippen LogP contribution is 2.38. The summed E-state index contributed by atoms with van der Waals surface area (Å²) in [4.78, 5) is 23.7.